The van der Waals surface area contributed by atoms with E-state index in [0.717, 1.165) is 5.69 Å². The Bertz CT molecular complexity index is 886. The first-order valence-corrected chi connectivity index (χ1v) is 8.35. The first kappa shape index (κ1) is 16.2. The van der Waals surface area contributed by atoms with Crippen LogP contribution in [0, 0.1) is 0 Å². The predicted octanol–water partition coefficient (Wildman–Crippen LogP) is 0.581. The number of carbonyl (C=O) groups excluding carboxylic acids is 2. The van der Waals surface area contributed by atoms with E-state index in [9.17, 15) is 14.4 Å². The number of aromatic nitrogens is 2. The van der Waals surface area contributed by atoms with E-state index in [0.29, 0.717) is 44.2 Å². The van der Waals surface area contributed by atoms with Crippen LogP contribution < -0.4 is 15.1 Å². The lowest BCUT2D eigenvalue weighted by molar-refractivity contribution is -0.120. The molecule has 136 valence electrons. The molecule has 4 heterocycles. The summed E-state index contributed by atoms with van der Waals surface area (Å²) in [6, 6.07) is 3.34. The number of carboxylic acid groups (broad SMARTS) is 1. The average Bonchev–Trinajstić information content (AvgIpc) is 3.06. The van der Waals surface area contributed by atoms with E-state index in [4.69, 9.17) is 5.11 Å². The summed E-state index contributed by atoms with van der Waals surface area (Å²) in [5, 5.41) is 11.4. The topological polar surface area (TPSA) is 110 Å². The van der Waals surface area contributed by atoms with Crippen molar-refractivity contribution < 1.29 is 19.5 Å². The van der Waals surface area contributed by atoms with Gasteiger partial charge in [0, 0.05) is 45.3 Å². The maximum absolute atomic E-state index is 12.1. The number of fused-ring (bicyclic) bond motifs is 1. The number of rotatable bonds is 2. The van der Waals surface area contributed by atoms with Crippen LogP contribution in [0.1, 0.15) is 6.42 Å². The zero-order valence-electron chi connectivity index (χ0n) is 14.0. The molecule has 2 aliphatic heterocycles. The van der Waals surface area contributed by atoms with Crippen molar-refractivity contribution in [2.24, 2.45) is 0 Å². The minimum Gasteiger partial charge on any atom is -0.465 e. The number of imidazole rings is 1. The van der Waals surface area contributed by atoms with Crippen LogP contribution in [-0.4, -0.2) is 70.1 Å². The monoisotopic (exact) mass is 358 g/mol. The van der Waals surface area contributed by atoms with Crippen LogP contribution in [-0.2, 0) is 4.79 Å². The molecule has 10 nitrogen and oxygen atoms in total. The summed E-state index contributed by atoms with van der Waals surface area (Å²) in [4.78, 5) is 44.0. The van der Waals surface area contributed by atoms with E-state index in [1.165, 1.54) is 9.80 Å². The Morgan fingerprint density at radius 2 is 1.92 bits per heavy atom. The smallest absolute Gasteiger partial charge is 0.407 e. The Balaban J connectivity index is 1.63. The van der Waals surface area contributed by atoms with E-state index in [1.54, 1.807) is 6.20 Å². The molecule has 0 aromatic carbocycles. The van der Waals surface area contributed by atoms with Gasteiger partial charge in [-0.2, -0.15) is 0 Å². The molecule has 0 saturated carbocycles. The molecule has 2 fully saturated rings. The molecule has 26 heavy (non-hydrogen) atoms. The van der Waals surface area contributed by atoms with Crippen molar-refractivity contribution in [2.75, 3.05) is 42.5 Å². The van der Waals surface area contributed by atoms with Gasteiger partial charge >= 0.3 is 12.1 Å². The Hall–Kier alpha value is -3.30. The van der Waals surface area contributed by atoms with Gasteiger partial charge in [-0.25, -0.2) is 14.6 Å². The quantitative estimate of drug-likeness (QED) is 0.813. The number of pyridine rings is 1. The summed E-state index contributed by atoms with van der Waals surface area (Å²) < 4.78 is 1.81. The van der Waals surface area contributed by atoms with E-state index in [1.807, 2.05) is 22.7 Å². The fraction of sp³-hybridized carbons (Fsp3) is 0.375. The van der Waals surface area contributed by atoms with Crippen molar-refractivity contribution in [1.29, 1.82) is 0 Å². The second-order valence-corrected chi connectivity index (χ2v) is 6.22. The maximum Gasteiger partial charge on any atom is 0.407 e. The SMILES string of the molecule is O=C1CCN(c2cnc3c(N4CCN(C(=O)O)CC4)cccn23)C(=O)N1. The van der Waals surface area contributed by atoms with Crippen LogP contribution in [0.4, 0.5) is 21.1 Å². The van der Waals surface area contributed by atoms with E-state index < -0.39 is 12.1 Å². The number of amides is 4. The average molecular weight is 358 g/mol. The van der Waals surface area contributed by atoms with Gasteiger partial charge in [0.1, 0.15) is 5.82 Å². The van der Waals surface area contributed by atoms with Gasteiger partial charge in [-0.15, -0.1) is 0 Å². The molecule has 10 heteroatoms. The molecule has 2 N–H and O–H groups in total. The number of anilines is 2. The van der Waals surface area contributed by atoms with Crippen LogP contribution in [0.2, 0.25) is 0 Å². The highest BCUT2D eigenvalue weighted by Gasteiger charge is 2.28. The zero-order valence-corrected chi connectivity index (χ0v) is 14.0. The molecular weight excluding hydrogens is 340 g/mol. The third-order valence-electron chi connectivity index (χ3n) is 4.72. The molecular formula is C16H18N6O4. The largest absolute Gasteiger partial charge is 0.465 e. The first-order valence-electron chi connectivity index (χ1n) is 8.35. The van der Waals surface area contributed by atoms with Gasteiger partial charge in [0.25, 0.3) is 0 Å². The van der Waals surface area contributed by atoms with Gasteiger partial charge in [0.15, 0.2) is 5.65 Å². The highest BCUT2D eigenvalue weighted by atomic mass is 16.4. The second kappa shape index (κ2) is 6.21. The van der Waals surface area contributed by atoms with Gasteiger partial charge in [-0.1, -0.05) is 0 Å². The molecule has 4 rings (SSSR count). The summed E-state index contributed by atoms with van der Waals surface area (Å²) in [7, 11) is 0. The van der Waals surface area contributed by atoms with Crippen molar-refractivity contribution in [2.45, 2.75) is 6.42 Å². The molecule has 0 spiro atoms. The summed E-state index contributed by atoms with van der Waals surface area (Å²) in [5.74, 6) is 0.313. The Morgan fingerprint density at radius 3 is 2.62 bits per heavy atom. The lowest BCUT2D eigenvalue weighted by Crippen LogP contribution is -2.50. The number of nitrogens with one attached hydrogen (secondary N) is 1. The highest BCUT2D eigenvalue weighted by Crippen LogP contribution is 2.27. The van der Waals surface area contributed by atoms with Crippen LogP contribution in [0.15, 0.2) is 24.5 Å². The normalized spacial score (nSPS) is 18.4. The van der Waals surface area contributed by atoms with Gasteiger partial charge < -0.3 is 14.9 Å². The number of piperazine rings is 1. The number of hydrogen-bond donors (Lipinski definition) is 2. The zero-order chi connectivity index (χ0) is 18.3. The minimum absolute atomic E-state index is 0.246. The molecule has 0 unspecified atom stereocenters. The molecule has 4 amide bonds. The Morgan fingerprint density at radius 1 is 1.15 bits per heavy atom. The van der Waals surface area contributed by atoms with Gasteiger partial charge in [-0.05, 0) is 12.1 Å². The van der Waals surface area contributed by atoms with Crippen molar-refractivity contribution in [3.63, 3.8) is 0 Å². The van der Waals surface area contributed by atoms with E-state index in [2.05, 4.69) is 15.2 Å². The molecule has 2 aliphatic rings. The summed E-state index contributed by atoms with van der Waals surface area (Å²) in [5.41, 5.74) is 1.58. The van der Waals surface area contributed by atoms with E-state index in [-0.39, 0.29) is 12.3 Å². The number of hydrogen-bond acceptors (Lipinski definition) is 5. The summed E-state index contributed by atoms with van der Waals surface area (Å²) in [6.07, 6.45) is 2.77. The number of nitrogens with zero attached hydrogens (tertiary/aromatic N) is 5. The number of imide groups is 1. The third kappa shape index (κ3) is 2.68. The Kier molecular flexibility index (Phi) is 3.86. The maximum atomic E-state index is 12.1. The van der Waals surface area contributed by atoms with Gasteiger partial charge in [-0.3, -0.25) is 19.4 Å². The van der Waals surface area contributed by atoms with Crippen molar-refractivity contribution in [3.8, 4) is 0 Å². The highest BCUT2D eigenvalue weighted by molar-refractivity contribution is 6.05. The van der Waals surface area contributed by atoms with Crippen LogP contribution in [0.25, 0.3) is 5.65 Å². The second-order valence-electron chi connectivity index (χ2n) is 6.22. The molecule has 2 aromatic rings. The number of carbonyl (C=O) groups is 3. The van der Waals surface area contributed by atoms with Crippen molar-refractivity contribution in [3.05, 3.63) is 24.5 Å². The van der Waals surface area contributed by atoms with Gasteiger partial charge in [0.2, 0.25) is 5.91 Å². The standard InChI is InChI=1S/C16H18N6O4/c23-12-3-5-22(15(24)18-12)13-10-17-14-11(2-1-4-21(13)14)19-6-8-20(9-7-19)16(25)26/h1-2,4,10H,3,5-9H2,(H,25,26)(H,18,23,24). The summed E-state index contributed by atoms with van der Waals surface area (Å²) >= 11 is 0. The van der Waals surface area contributed by atoms with E-state index >= 15 is 0 Å². The Labute approximate surface area is 148 Å². The number of urea groups is 1. The van der Waals surface area contributed by atoms with Crippen LogP contribution in [0.5, 0.6) is 0 Å². The lowest BCUT2D eigenvalue weighted by Gasteiger charge is -2.34. The van der Waals surface area contributed by atoms with Crippen molar-refractivity contribution in [1.82, 2.24) is 19.6 Å². The third-order valence-corrected chi connectivity index (χ3v) is 4.72. The molecule has 0 atom stereocenters. The summed E-state index contributed by atoms with van der Waals surface area (Å²) in [6.45, 7) is 2.32. The molecule has 2 aromatic heterocycles. The molecule has 0 aliphatic carbocycles. The molecule has 2 saturated heterocycles. The first-order chi connectivity index (χ1) is 12.5. The fourth-order valence-electron chi connectivity index (χ4n) is 3.35. The van der Waals surface area contributed by atoms with Gasteiger partial charge in [0.05, 0.1) is 11.9 Å². The molecule has 0 bridgehead atoms. The van der Waals surface area contributed by atoms with Crippen molar-refractivity contribution >= 4 is 35.2 Å². The minimum atomic E-state index is -0.906. The van der Waals surface area contributed by atoms with Crippen LogP contribution >= 0.6 is 0 Å². The fourth-order valence-corrected chi connectivity index (χ4v) is 3.35. The van der Waals surface area contributed by atoms with Crippen LogP contribution in [0.3, 0.4) is 0 Å². The lowest BCUT2D eigenvalue weighted by atomic mass is 10.2. The predicted molar refractivity (Wildman–Crippen MR) is 92.5 cm³/mol. The molecule has 0 radical (unpaired) electrons.